The summed E-state index contributed by atoms with van der Waals surface area (Å²) in [4.78, 5) is 0. The highest BCUT2D eigenvalue weighted by atomic mass is 19.1. The monoisotopic (exact) mass is 401 g/mol. The molecule has 6 rings (SSSR count). The van der Waals surface area contributed by atoms with Crippen LogP contribution in [-0.4, -0.2) is 4.57 Å². The highest BCUT2D eigenvalue weighted by Gasteiger charge is 2.15. The number of halogens is 1. The second kappa shape index (κ2) is 6.82. The van der Waals surface area contributed by atoms with Gasteiger partial charge in [0.25, 0.3) is 0 Å². The van der Waals surface area contributed by atoms with Gasteiger partial charge in [-0.25, -0.2) is 4.39 Å². The molecule has 1 heterocycles. The lowest BCUT2D eigenvalue weighted by molar-refractivity contribution is 0.627. The van der Waals surface area contributed by atoms with Gasteiger partial charge in [0.2, 0.25) is 0 Å². The Morgan fingerprint density at radius 2 is 1.16 bits per heavy atom. The highest BCUT2D eigenvalue weighted by molar-refractivity contribution is 6.11. The van der Waals surface area contributed by atoms with E-state index in [2.05, 4.69) is 89.5 Å². The summed E-state index contributed by atoms with van der Waals surface area (Å²) in [6.45, 7) is 1.97. The third-order valence-corrected chi connectivity index (χ3v) is 6.20. The van der Waals surface area contributed by atoms with E-state index in [1.807, 2.05) is 13.0 Å². The Labute approximate surface area is 180 Å². The lowest BCUT2D eigenvalue weighted by Crippen LogP contribution is -1.96. The third-order valence-electron chi connectivity index (χ3n) is 6.20. The molecule has 2 heteroatoms. The molecule has 0 spiro atoms. The molecular weight excluding hydrogens is 381 g/mol. The van der Waals surface area contributed by atoms with Crippen molar-refractivity contribution in [3.05, 3.63) is 115 Å². The van der Waals surface area contributed by atoms with E-state index in [4.69, 9.17) is 0 Å². The zero-order valence-corrected chi connectivity index (χ0v) is 17.1. The molecule has 0 amide bonds. The summed E-state index contributed by atoms with van der Waals surface area (Å²) in [5.74, 6) is -0.201. The second-order valence-electron chi connectivity index (χ2n) is 8.01. The van der Waals surface area contributed by atoms with Gasteiger partial charge in [-0.1, -0.05) is 72.8 Å². The summed E-state index contributed by atoms with van der Waals surface area (Å²) in [6.07, 6.45) is 0. The summed E-state index contributed by atoms with van der Waals surface area (Å²) in [7, 11) is 0. The van der Waals surface area contributed by atoms with E-state index in [0.717, 1.165) is 27.8 Å². The van der Waals surface area contributed by atoms with Gasteiger partial charge in [0.05, 0.1) is 16.7 Å². The topological polar surface area (TPSA) is 4.93 Å². The van der Waals surface area contributed by atoms with Crippen molar-refractivity contribution in [1.82, 2.24) is 4.57 Å². The molecule has 0 fully saturated rings. The number of benzene rings is 5. The van der Waals surface area contributed by atoms with Crippen LogP contribution in [0.25, 0.3) is 49.4 Å². The summed E-state index contributed by atoms with van der Waals surface area (Å²) in [5, 5.41) is 4.84. The first-order valence-corrected chi connectivity index (χ1v) is 10.5. The van der Waals surface area contributed by atoms with Crippen LogP contribution in [-0.2, 0) is 0 Å². The van der Waals surface area contributed by atoms with Crippen molar-refractivity contribution in [2.24, 2.45) is 0 Å². The number of aromatic nitrogens is 1. The lowest BCUT2D eigenvalue weighted by atomic mass is 9.94. The van der Waals surface area contributed by atoms with Crippen molar-refractivity contribution in [3.8, 4) is 16.8 Å². The van der Waals surface area contributed by atoms with Gasteiger partial charge in [0.1, 0.15) is 5.82 Å². The van der Waals surface area contributed by atoms with Gasteiger partial charge < -0.3 is 4.57 Å². The van der Waals surface area contributed by atoms with Crippen molar-refractivity contribution in [1.29, 1.82) is 0 Å². The summed E-state index contributed by atoms with van der Waals surface area (Å²) in [5.41, 5.74) is 6.66. The molecule has 31 heavy (non-hydrogen) atoms. The van der Waals surface area contributed by atoms with Crippen LogP contribution in [0.15, 0.2) is 103 Å². The fraction of sp³-hybridized carbons (Fsp3) is 0.0345. The van der Waals surface area contributed by atoms with E-state index in [9.17, 15) is 4.39 Å². The summed E-state index contributed by atoms with van der Waals surface area (Å²) < 4.78 is 16.1. The van der Waals surface area contributed by atoms with Gasteiger partial charge in [-0.2, -0.15) is 0 Å². The van der Waals surface area contributed by atoms with Gasteiger partial charge in [-0.15, -0.1) is 0 Å². The van der Waals surface area contributed by atoms with E-state index >= 15 is 0 Å². The van der Waals surface area contributed by atoms with E-state index in [0.29, 0.717) is 0 Å². The largest absolute Gasteiger partial charge is 0.309 e. The highest BCUT2D eigenvalue weighted by Crippen LogP contribution is 2.37. The molecule has 0 unspecified atom stereocenters. The Bertz CT molecular complexity index is 1550. The minimum atomic E-state index is -0.201. The van der Waals surface area contributed by atoms with Crippen LogP contribution in [0.1, 0.15) is 5.56 Å². The molecule has 0 saturated heterocycles. The quantitative estimate of drug-likeness (QED) is 0.277. The first-order chi connectivity index (χ1) is 15.2. The predicted molar refractivity (Wildman–Crippen MR) is 128 cm³/mol. The Morgan fingerprint density at radius 3 is 1.87 bits per heavy atom. The number of fused-ring (bicyclic) bond motifs is 4. The van der Waals surface area contributed by atoms with Gasteiger partial charge in [0.15, 0.2) is 0 Å². The molecule has 5 aromatic carbocycles. The van der Waals surface area contributed by atoms with Crippen LogP contribution in [0.3, 0.4) is 0 Å². The van der Waals surface area contributed by atoms with Crippen LogP contribution >= 0.6 is 0 Å². The van der Waals surface area contributed by atoms with Crippen molar-refractivity contribution in [2.45, 2.75) is 6.92 Å². The molecule has 0 aliphatic heterocycles. The maximum absolute atomic E-state index is 13.7. The Hall–Kier alpha value is -3.91. The summed E-state index contributed by atoms with van der Waals surface area (Å²) in [6, 6.07) is 35.0. The van der Waals surface area contributed by atoms with Gasteiger partial charge >= 0.3 is 0 Å². The number of hydrogen-bond donors (Lipinski definition) is 0. The first kappa shape index (κ1) is 17.9. The van der Waals surface area contributed by atoms with Crippen LogP contribution in [0.2, 0.25) is 0 Å². The number of hydrogen-bond acceptors (Lipinski definition) is 0. The Balaban J connectivity index is 1.71. The molecule has 0 radical (unpaired) electrons. The second-order valence-corrected chi connectivity index (χ2v) is 8.01. The average molecular weight is 401 g/mol. The molecule has 0 atom stereocenters. The third kappa shape index (κ3) is 2.69. The van der Waals surface area contributed by atoms with E-state index in [-0.39, 0.29) is 5.82 Å². The molecule has 6 aromatic rings. The minimum absolute atomic E-state index is 0.201. The molecule has 0 bridgehead atoms. The molecule has 0 aliphatic rings. The van der Waals surface area contributed by atoms with Crippen molar-refractivity contribution >= 4 is 32.6 Å². The first-order valence-electron chi connectivity index (χ1n) is 10.5. The maximum atomic E-state index is 13.7. The molecule has 148 valence electrons. The van der Waals surface area contributed by atoms with Crippen LogP contribution < -0.4 is 0 Å². The molecule has 1 aromatic heterocycles. The van der Waals surface area contributed by atoms with Crippen molar-refractivity contribution in [2.75, 3.05) is 0 Å². The normalized spacial score (nSPS) is 11.5. The number of para-hydroxylation sites is 2. The Kier molecular flexibility index (Phi) is 3.94. The number of aryl methyl sites for hydroxylation is 1. The maximum Gasteiger partial charge on any atom is 0.123 e. The van der Waals surface area contributed by atoms with E-state index in [1.54, 1.807) is 6.07 Å². The molecule has 0 aliphatic carbocycles. The van der Waals surface area contributed by atoms with Crippen molar-refractivity contribution in [3.63, 3.8) is 0 Å². The molecule has 0 N–H and O–H groups in total. The number of nitrogens with zero attached hydrogens (tertiary/aromatic N) is 1. The fourth-order valence-corrected chi connectivity index (χ4v) is 4.83. The molecular formula is C29H20FN. The van der Waals surface area contributed by atoms with Gasteiger partial charge in [0, 0.05) is 16.2 Å². The summed E-state index contributed by atoms with van der Waals surface area (Å²) >= 11 is 0. The van der Waals surface area contributed by atoms with E-state index in [1.165, 1.54) is 33.3 Å². The Morgan fingerprint density at radius 1 is 0.548 bits per heavy atom. The van der Waals surface area contributed by atoms with Crippen molar-refractivity contribution < 1.29 is 4.39 Å². The average Bonchev–Trinajstić information content (AvgIpc) is 3.13. The van der Waals surface area contributed by atoms with Crippen LogP contribution in [0, 0.1) is 12.7 Å². The zero-order chi connectivity index (χ0) is 20.9. The smallest absolute Gasteiger partial charge is 0.123 e. The van der Waals surface area contributed by atoms with Crippen LogP contribution in [0.4, 0.5) is 4.39 Å². The lowest BCUT2D eigenvalue weighted by Gasteiger charge is -2.15. The van der Waals surface area contributed by atoms with Gasteiger partial charge in [-0.05, 0) is 59.3 Å². The minimum Gasteiger partial charge on any atom is -0.309 e. The number of rotatable bonds is 2. The zero-order valence-electron chi connectivity index (χ0n) is 17.1. The SMILES string of the molecule is Cc1cc(F)ccc1-c1cccc2c(-n3c4ccccc4c4ccccc43)cccc12. The standard InChI is InChI=1S/C29H20FN/c1-19-18-20(30)16-17-21(19)22-10-6-12-24-23(22)11-7-15-29(24)31-27-13-4-2-8-25(27)26-9-3-5-14-28(26)31/h2-18H,1H3. The van der Waals surface area contributed by atoms with Crippen LogP contribution in [0.5, 0.6) is 0 Å². The molecule has 1 nitrogen and oxygen atoms in total. The fourth-order valence-electron chi connectivity index (χ4n) is 4.83. The molecule has 0 saturated carbocycles. The van der Waals surface area contributed by atoms with Gasteiger partial charge in [-0.3, -0.25) is 0 Å². The predicted octanol–water partition coefficient (Wildman–Crippen LogP) is 8.05. The van der Waals surface area contributed by atoms with E-state index < -0.39 is 0 Å².